The third kappa shape index (κ3) is 11.0. The van der Waals surface area contributed by atoms with Gasteiger partial charge >= 0.3 is 30.5 Å². The summed E-state index contributed by atoms with van der Waals surface area (Å²) < 4.78 is 38.7. The molecule has 3 aliphatic rings. The SMILES string of the molecule is CCCCOC(=O)N1CCN(C(=O)[C@H](C[PH](=O)OC(OC(C)=O)OC(C)=O)NC(=O)c2cc(N3C[C@@H]4[C@H](C3)[C@H]4C(=O)OCC)nc(-c3ccccc3)n2)CC1. The summed E-state index contributed by atoms with van der Waals surface area (Å²) in [5.41, 5.74) is 0.549. The van der Waals surface area contributed by atoms with Gasteiger partial charge in [0.05, 0.1) is 25.3 Å². The number of rotatable bonds is 16. The zero-order valence-electron chi connectivity index (χ0n) is 31.3. The summed E-state index contributed by atoms with van der Waals surface area (Å²) in [5, 5.41) is 2.66. The van der Waals surface area contributed by atoms with E-state index in [0.29, 0.717) is 31.1 Å². The Hall–Kier alpha value is -5.09. The van der Waals surface area contributed by atoms with Crippen molar-refractivity contribution in [3.8, 4) is 11.4 Å². The first-order valence-corrected chi connectivity index (χ1v) is 19.8. The van der Waals surface area contributed by atoms with Crippen LogP contribution in [0.3, 0.4) is 0 Å². The van der Waals surface area contributed by atoms with E-state index in [1.165, 1.54) is 15.9 Å². The Morgan fingerprint density at radius 1 is 0.891 bits per heavy atom. The van der Waals surface area contributed by atoms with Gasteiger partial charge in [-0.3, -0.25) is 33.1 Å². The lowest BCUT2D eigenvalue weighted by Gasteiger charge is -2.36. The molecule has 18 nitrogen and oxygen atoms in total. The van der Waals surface area contributed by atoms with E-state index in [1.54, 1.807) is 31.2 Å². The second kappa shape index (κ2) is 19.0. The monoisotopic (exact) mass is 786 g/mol. The molecule has 1 aliphatic carbocycles. The van der Waals surface area contributed by atoms with Gasteiger partial charge < -0.3 is 39.0 Å². The molecule has 2 aliphatic heterocycles. The molecule has 298 valence electrons. The summed E-state index contributed by atoms with van der Waals surface area (Å²) in [6.07, 6.45) is 0.518. The summed E-state index contributed by atoms with van der Waals surface area (Å²) >= 11 is 0. The Labute approximate surface area is 319 Å². The van der Waals surface area contributed by atoms with Crippen LogP contribution in [0.1, 0.15) is 51.0 Å². The summed E-state index contributed by atoms with van der Waals surface area (Å²) in [7, 11) is -3.34. The molecule has 19 heteroatoms. The van der Waals surface area contributed by atoms with E-state index in [4.69, 9.17) is 28.5 Å². The second-order valence-electron chi connectivity index (χ2n) is 13.3. The molecule has 0 bridgehead atoms. The number of nitrogens with zero attached hydrogens (tertiary/aromatic N) is 5. The number of ether oxygens (including phenoxy) is 4. The van der Waals surface area contributed by atoms with Gasteiger partial charge in [-0.2, -0.15) is 0 Å². The number of piperazine rings is 1. The maximum Gasteiger partial charge on any atom is 0.409 e. The molecule has 0 spiro atoms. The largest absolute Gasteiger partial charge is 0.466 e. The van der Waals surface area contributed by atoms with Gasteiger partial charge in [-0.1, -0.05) is 43.7 Å². The number of benzene rings is 1. The first kappa shape index (κ1) is 41.1. The van der Waals surface area contributed by atoms with Gasteiger partial charge in [0.15, 0.2) is 5.82 Å². The van der Waals surface area contributed by atoms with E-state index in [1.807, 2.05) is 17.9 Å². The lowest BCUT2D eigenvalue weighted by molar-refractivity contribution is -0.231. The molecule has 3 fully saturated rings. The summed E-state index contributed by atoms with van der Waals surface area (Å²) in [6, 6.07) is 9.06. The number of hydrogen-bond donors (Lipinski definition) is 1. The number of esters is 3. The van der Waals surface area contributed by atoms with Crippen molar-refractivity contribution in [2.45, 2.75) is 53.1 Å². The second-order valence-corrected chi connectivity index (χ2v) is 14.7. The first-order valence-electron chi connectivity index (χ1n) is 18.3. The summed E-state index contributed by atoms with van der Waals surface area (Å²) in [6.45, 7) is 6.00. The first-order chi connectivity index (χ1) is 26.4. The molecule has 5 atom stereocenters. The number of anilines is 1. The molecule has 2 aromatic rings. The minimum absolute atomic E-state index is 0.0814. The molecule has 1 aromatic heterocycles. The Bertz CT molecular complexity index is 1730. The van der Waals surface area contributed by atoms with E-state index < -0.39 is 56.6 Å². The lowest BCUT2D eigenvalue weighted by atomic mass is 10.2. The standard InChI is InChI=1S/C36H47N6O12P/c1-5-7-17-51-35(48)41-15-13-40(14-16-41)33(46)28(21-55(49)54-36(52-22(3)43)53-23(4)44)38-32(45)27-18-29(39-31(37-27)24-11-9-8-10-12-24)42-19-25-26(20-42)30(25)34(47)50-6-2/h8-12,18,25-26,28,30,36,55H,5-7,13-17,19-21H2,1-4H3,(H,38,45)/t25-,26+,28-,30+/m0/s1. The predicted molar refractivity (Wildman–Crippen MR) is 195 cm³/mol. The molecule has 1 aromatic carbocycles. The molecule has 1 unspecified atom stereocenters. The molecule has 1 N–H and O–H groups in total. The molecular weight excluding hydrogens is 739 g/mol. The molecular formula is C36H47N6O12P. The zero-order chi connectivity index (χ0) is 39.6. The Balaban J connectivity index is 1.36. The fourth-order valence-electron chi connectivity index (χ4n) is 6.55. The number of hydrogen-bond acceptors (Lipinski definition) is 15. The van der Waals surface area contributed by atoms with E-state index in [2.05, 4.69) is 10.3 Å². The smallest absolute Gasteiger partial charge is 0.409 e. The van der Waals surface area contributed by atoms with Crippen LogP contribution in [0.15, 0.2) is 36.4 Å². The van der Waals surface area contributed by atoms with E-state index >= 15 is 0 Å². The number of nitrogens with one attached hydrogen (secondary N) is 1. The van der Waals surface area contributed by atoms with Crippen molar-refractivity contribution in [3.63, 3.8) is 0 Å². The molecule has 0 radical (unpaired) electrons. The number of amides is 3. The third-order valence-electron chi connectivity index (χ3n) is 9.35. The van der Waals surface area contributed by atoms with Crippen LogP contribution in [0.25, 0.3) is 11.4 Å². The predicted octanol–water partition coefficient (Wildman–Crippen LogP) is 2.47. The normalized spacial score (nSPS) is 19.9. The Morgan fingerprint density at radius 2 is 1.53 bits per heavy atom. The van der Waals surface area contributed by atoms with Gasteiger partial charge in [-0.15, -0.1) is 0 Å². The number of carbonyl (C=O) groups excluding carboxylic acids is 6. The van der Waals surface area contributed by atoms with E-state index in [9.17, 15) is 33.3 Å². The Morgan fingerprint density at radius 3 is 2.13 bits per heavy atom. The van der Waals surface area contributed by atoms with Gasteiger partial charge in [0.25, 0.3) is 5.91 Å². The van der Waals surface area contributed by atoms with Crippen LogP contribution in [-0.2, 0) is 47.2 Å². The molecule has 5 rings (SSSR count). The van der Waals surface area contributed by atoms with Gasteiger partial charge in [0.1, 0.15) is 17.6 Å². The average molecular weight is 787 g/mol. The van der Waals surface area contributed by atoms with Crippen LogP contribution >= 0.6 is 8.03 Å². The van der Waals surface area contributed by atoms with Crippen LogP contribution < -0.4 is 10.2 Å². The highest BCUT2D eigenvalue weighted by molar-refractivity contribution is 7.39. The van der Waals surface area contributed by atoms with Crippen molar-refractivity contribution in [2.24, 2.45) is 17.8 Å². The van der Waals surface area contributed by atoms with Crippen molar-refractivity contribution >= 4 is 49.7 Å². The highest BCUT2D eigenvalue weighted by Crippen LogP contribution is 2.53. The lowest BCUT2D eigenvalue weighted by Crippen LogP contribution is -2.56. The van der Waals surface area contributed by atoms with Crippen molar-refractivity contribution < 1.29 is 56.8 Å². The fourth-order valence-corrected chi connectivity index (χ4v) is 7.57. The van der Waals surface area contributed by atoms with Crippen LogP contribution in [-0.4, -0.2) is 127 Å². The molecule has 3 heterocycles. The number of unbranched alkanes of at least 4 members (excludes halogenated alkanes) is 1. The van der Waals surface area contributed by atoms with Crippen LogP contribution in [0, 0.1) is 17.8 Å². The quantitative estimate of drug-likeness (QED) is 0.0851. The van der Waals surface area contributed by atoms with Crippen LogP contribution in [0.5, 0.6) is 0 Å². The molecule has 1 saturated carbocycles. The number of carbonyl (C=O) groups is 6. The summed E-state index contributed by atoms with van der Waals surface area (Å²) in [4.78, 5) is 90.3. The van der Waals surface area contributed by atoms with Crippen molar-refractivity contribution in [2.75, 3.05) is 63.5 Å². The van der Waals surface area contributed by atoms with Gasteiger partial charge in [0.2, 0.25) is 13.9 Å². The minimum atomic E-state index is -3.34. The van der Waals surface area contributed by atoms with E-state index in [0.717, 1.165) is 26.7 Å². The maximum absolute atomic E-state index is 14.0. The van der Waals surface area contributed by atoms with Gasteiger partial charge in [-0.25, -0.2) is 14.8 Å². The molecule has 55 heavy (non-hydrogen) atoms. The molecule has 2 saturated heterocycles. The van der Waals surface area contributed by atoms with Gasteiger partial charge in [-0.05, 0) is 25.2 Å². The van der Waals surface area contributed by atoms with Gasteiger partial charge in [0, 0.05) is 64.7 Å². The Kier molecular flexibility index (Phi) is 14.2. The highest BCUT2D eigenvalue weighted by atomic mass is 31.1. The average Bonchev–Trinajstić information content (AvgIpc) is 3.66. The number of aromatic nitrogens is 2. The maximum atomic E-state index is 14.0. The van der Waals surface area contributed by atoms with E-state index in [-0.39, 0.29) is 68.0 Å². The number of piperidine rings is 1. The number of fused-ring (bicyclic) bond motifs is 1. The fraction of sp³-hybridized carbons (Fsp3) is 0.556. The zero-order valence-corrected chi connectivity index (χ0v) is 32.3. The van der Waals surface area contributed by atoms with Crippen LogP contribution in [0.4, 0.5) is 10.6 Å². The van der Waals surface area contributed by atoms with Crippen molar-refractivity contribution in [1.82, 2.24) is 25.1 Å². The molecule has 3 amide bonds. The van der Waals surface area contributed by atoms with Crippen molar-refractivity contribution in [3.05, 3.63) is 42.1 Å². The highest BCUT2D eigenvalue weighted by Gasteiger charge is 2.60. The summed E-state index contributed by atoms with van der Waals surface area (Å²) in [5.74, 6) is -2.68. The topological polar surface area (TPSA) is 213 Å². The van der Waals surface area contributed by atoms with Crippen LogP contribution in [0.2, 0.25) is 0 Å². The van der Waals surface area contributed by atoms with Crippen molar-refractivity contribution in [1.29, 1.82) is 0 Å². The third-order valence-corrected chi connectivity index (χ3v) is 10.6. The minimum Gasteiger partial charge on any atom is -0.466 e.